The molecule has 0 aromatic heterocycles. The van der Waals surface area contributed by atoms with Crippen molar-refractivity contribution in [3.05, 3.63) is 29.8 Å². The molecule has 1 amide bonds. The molecule has 2 aliphatic heterocycles. The summed E-state index contributed by atoms with van der Waals surface area (Å²) in [6, 6.07) is 9.03. The molecule has 3 fully saturated rings. The van der Waals surface area contributed by atoms with Crippen LogP contribution in [0.3, 0.4) is 0 Å². The van der Waals surface area contributed by atoms with E-state index in [0.717, 1.165) is 29.5 Å². The summed E-state index contributed by atoms with van der Waals surface area (Å²) >= 11 is 1.99. The van der Waals surface area contributed by atoms with Gasteiger partial charge in [-0.1, -0.05) is 43.4 Å². The highest BCUT2D eigenvalue weighted by Gasteiger charge is 2.45. The van der Waals surface area contributed by atoms with Gasteiger partial charge in [0.15, 0.2) is 0 Å². The van der Waals surface area contributed by atoms with Gasteiger partial charge in [0, 0.05) is 29.9 Å². The molecule has 5 heteroatoms. The highest BCUT2D eigenvalue weighted by molar-refractivity contribution is 7.99. The molecule has 0 bridgehead atoms. The van der Waals surface area contributed by atoms with Gasteiger partial charge in [0.05, 0.1) is 5.69 Å². The van der Waals surface area contributed by atoms with Gasteiger partial charge in [-0.2, -0.15) is 11.8 Å². The van der Waals surface area contributed by atoms with Crippen molar-refractivity contribution in [1.82, 2.24) is 10.7 Å². The molecule has 25 heavy (non-hydrogen) atoms. The number of nitrogens with one attached hydrogen (secondary N) is 2. The molecular formula is C20H29N3OS. The fourth-order valence-corrected chi connectivity index (χ4v) is 5.85. The third-order valence-electron chi connectivity index (χ3n) is 5.99. The number of benzene rings is 1. The van der Waals surface area contributed by atoms with Crippen LogP contribution in [0.5, 0.6) is 0 Å². The Balaban J connectivity index is 1.42. The van der Waals surface area contributed by atoms with Crippen molar-refractivity contribution in [2.75, 3.05) is 16.5 Å². The molecule has 3 aliphatic rings. The van der Waals surface area contributed by atoms with E-state index in [0.29, 0.717) is 18.4 Å². The minimum absolute atomic E-state index is 0.0683. The number of aryl methyl sites for hydroxylation is 1. The first-order valence-electron chi connectivity index (χ1n) is 9.70. The number of anilines is 1. The molecule has 0 radical (unpaired) electrons. The van der Waals surface area contributed by atoms with Crippen LogP contribution in [-0.4, -0.2) is 29.6 Å². The summed E-state index contributed by atoms with van der Waals surface area (Å²) in [5, 5.41) is 5.54. The number of hydrazine groups is 1. The lowest BCUT2D eigenvalue weighted by Gasteiger charge is -2.29. The predicted molar refractivity (Wildman–Crippen MR) is 105 cm³/mol. The van der Waals surface area contributed by atoms with Gasteiger partial charge in [0.25, 0.3) is 0 Å². The second-order valence-corrected chi connectivity index (χ2v) is 8.92. The van der Waals surface area contributed by atoms with Gasteiger partial charge >= 0.3 is 0 Å². The molecule has 136 valence electrons. The Labute approximate surface area is 155 Å². The van der Waals surface area contributed by atoms with Gasteiger partial charge < -0.3 is 5.32 Å². The standard InChI is InChI=1S/C20H29N3OS/c1-14-6-9-16(10-7-14)23-20(17-12-25-13-18(17)22-23)21-19(24)11-8-15-4-2-3-5-15/h6-7,9-10,15,17-18,20,22H,2-5,8,11-13H2,1H3,(H,21,24). The van der Waals surface area contributed by atoms with Crippen molar-refractivity contribution < 1.29 is 4.79 Å². The molecule has 1 aromatic carbocycles. The third kappa shape index (κ3) is 3.82. The van der Waals surface area contributed by atoms with E-state index in [1.807, 2.05) is 11.8 Å². The van der Waals surface area contributed by atoms with Crippen LogP contribution in [0.25, 0.3) is 0 Å². The van der Waals surface area contributed by atoms with E-state index in [4.69, 9.17) is 0 Å². The summed E-state index contributed by atoms with van der Waals surface area (Å²) in [7, 11) is 0. The molecule has 1 aliphatic carbocycles. The van der Waals surface area contributed by atoms with Crippen LogP contribution in [0, 0.1) is 18.8 Å². The van der Waals surface area contributed by atoms with Crippen molar-refractivity contribution in [1.29, 1.82) is 0 Å². The van der Waals surface area contributed by atoms with E-state index in [1.54, 1.807) is 0 Å². The Morgan fingerprint density at radius 3 is 2.76 bits per heavy atom. The molecule has 4 rings (SSSR count). The molecule has 3 unspecified atom stereocenters. The molecule has 2 saturated heterocycles. The Bertz CT molecular complexity index is 599. The van der Waals surface area contributed by atoms with E-state index in [1.165, 1.54) is 31.2 Å². The fourth-order valence-electron chi connectivity index (χ4n) is 4.45. The zero-order valence-corrected chi connectivity index (χ0v) is 15.9. The predicted octanol–water partition coefficient (Wildman–Crippen LogP) is 3.46. The number of thioether (sulfide) groups is 1. The summed E-state index contributed by atoms with van der Waals surface area (Å²) in [5.74, 6) is 3.72. The normalized spacial score (nSPS) is 29.2. The van der Waals surface area contributed by atoms with Gasteiger partial charge in [-0.15, -0.1) is 0 Å². The quantitative estimate of drug-likeness (QED) is 0.845. The lowest BCUT2D eigenvalue weighted by molar-refractivity contribution is -0.122. The summed E-state index contributed by atoms with van der Waals surface area (Å²) in [4.78, 5) is 12.6. The van der Waals surface area contributed by atoms with E-state index in [2.05, 4.69) is 46.9 Å². The van der Waals surface area contributed by atoms with Gasteiger partial charge in [-0.05, 0) is 31.4 Å². The van der Waals surface area contributed by atoms with Crippen LogP contribution in [0.15, 0.2) is 24.3 Å². The van der Waals surface area contributed by atoms with Crippen molar-refractivity contribution >= 4 is 23.4 Å². The Hall–Kier alpha value is -1.20. The lowest BCUT2D eigenvalue weighted by Crippen LogP contribution is -2.50. The van der Waals surface area contributed by atoms with E-state index < -0.39 is 0 Å². The highest BCUT2D eigenvalue weighted by atomic mass is 32.2. The number of carbonyl (C=O) groups excluding carboxylic acids is 1. The minimum atomic E-state index is 0.0683. The maximum Gasteiger partial charge on any atom is 0.221 e. The number of hydrogen-bond acceptors (Lipinski definition) is 4. The van der Waals surface area contributed by atoms with Gasteiger partial charge in [0.1, 0.15) is 6.17 Å². The van der Waals surface area contributed by atoms with Crippen LogP contribution in [0.2, 0.25) is 0 Å². The highest BCUT2D eigenvalue weighted by Crippen LogP contribution is 2.35. The first-order chi connectivity index (χ1) is 12.2. The van der Waals surface area contributed by atoms with Crippen LogP contribution in [0.4, 0.5) is 5.69 Å². The first kappa shape index (κ1) is 17.2. The number of nitrogens with zero attached hydrogens (tertiary/aromatic N) is 1. The summed E-state index contributed by atoms with van der Waals surface area (Å²) in [6.45, 7) is 2.11. The number of hydrogen-bond donors (Lipinski definition) is 2. The van der Waals surface area contributed by atoms with Gasteiger partial charge in [-0.25, -0.2) is 5.43 Å². The SMILES string of the molecule is Cc1ccc(N2NC3CSCC3C2NC(=O)CCC2CCCC2)cc1. The number of rotatable bonds is 5. The molecule has 1 aromatic rings. The summed E-state index contributed by atoms with van der Waals surface area (Å²) < 4.78 is 0. The van der Waals surface area contributed by atoms with Gasteiger partial charge in [0.2, 0.25) is 5.91 Å². The monoisotopic (exact) mass is 359 g/mol. The maximum absolute atomic E-state index is 12.6. The van der Waals surface area contributed by atoms with Crippen LogP contribution in [-0.2, 0) is 4.79 Å². The number of carbonyl (C=O) groups is 1. The molecule has 0 spiro atoms. The number of fused-ring (bicyclic) bond motifs is 1. The molecule has 2 N–H and O–H groups in total. The van der Waals surface area contributed by atoms with Crippen molar-refractivity contribution in [3.8, 4) is 0 Å². The van der Waals surface area contributed by atoms with Gasteiger partial charge in [-0.3, -0.25) is 9.80 Å². The van der Waals surface area contributed by atoms with E-state index >= 15 is 0 Å². The smallest absolute Gasteiger partial charge is 0.221 e. The fraction of sp³-hybridized carbons (Fsp3) is 0.650. The second-order valence-electron chi connectivity index (χ2n) is 7.84. The third-order valence-corrected chi connectivity index (χ3v) is 7.20. The number of amides is 1. The molecular weight excluding hydrogens is 330 g/mol. The van der Waals surface area contributed by atoms with Crippen LogP contribution < -0.4 is 15.8 Å². The Kier molecular flexibility index (Phi) is 5.23. The average Bonchev–Trinajstić information content (AvgIpc) is 3.32. The zero-order valence-electron chi connectivity index (χ0n) is 15.0. The van der Waals surface area contributed by atoms with E-state index in [9.17, 15) is 4.79 Å². The Morgan fingerprint density at radius 2 is 2.00 bits per heavy atom. The lowest BCUT2D eigenvalue weighted by atomic mass is 10.0. The largest absolute Gasteiger partial charge is 0.334 e. The van der Waals surface area contributed by atoms with Crippen LogP contribution >= 0.6 is 11.8 Å². The molecule has 1 saturated carbocycles. The van der Waals surface area contributed by atoms with Crippen molar-refractivity contribution in [3.63, 3.8) is 0 Å². The van der Waals surface area contributed by atoms with Crippen molar-refractivity contribution in [2.24, 2.45) is 11.8 Å². The minimum Gasteiger partial charge on any atom is -0.334 e. The Morgan fingerprint density at radius 1 is 1.24 bits per heavy atom. The molecule has 2 heterocycles. The summed E-state index contributed by atoms with van der Waals surface area (Å²) in [6.07, 6.45) is 7.12. The summed E-state index contributed by atoms with van der Waals surface area (Å²) in [5.41, 5.74) is 6.04. The van der Waals surface area contributed by atoms with E-state index in [-0.39, 0.29) is 12.1 Å². The molecule has 4 nitrogen and oxygen atoms in total. The van der Waals surface area contributed by atoms with Crippen LogP contribution in [0.1, 0.15) is 44.1 Å². The average molecular weight is 360 g/mol. The maximum atomic E-state index is 12.6. The topological polar surface area (TPSA) is 44.4 Å². The molecule has 3 atom stereocenters. The zero-order chi connectivity index (χ0) is 17.2. The first-order valence-corrected chi connectivity index (χ1v) is 10.9. The van der Waals surface area contributed by atoms with Crippen molar-refractivity contribution in [2.45, 2.75) is 57.7 Å². The second kappa shape index (κ2) is 7.58.